The average molecular weight is 231 g/mol. The molecule has 3 heteroatoms. The zero-order chi connectivity index (χ0) is 8.97. The molecule has 0 saturated heterocycles. The summed E-state index contributed by atoms with van der Waals surface area (Å²) in [6, 6.07) is 7.11. The fourth-order valence-electron chi connectivity index (χ4n) is 0.826. The number of halogens is 2. The number of hydrogen-bond donors (Lipinski definition) is 0. The maximum absolute atomic E-state index is 12.3. The second-order valence-electron chi connectivity index (χ2n) is 2.21. The predicted molar refractivity (Wildman–Crippen MR) is 51.0 cm³/mol. The standard InChI is InChI=1S/C9H8BrFO/c1-12-8-4-2-7(3-5-8)6-9(10)11/h2-6H,1H3. The van der Waals surface area contributed by atoms with Crippen molar-refractivity contribution in [2.24, 2.45) is 0 Å². The van der Waals surface area contributed by atoms with Gasteiger partial charge in [-0.05, 0) is 39.7 Å². The highest BCUT2D eigenvalue weighted by atomic mass is 79.9. The van der Waals surface area contributed by atoms with Crippen molar-refractivity contribution in [1.82, 2.24) is 0 Å². The Kier molecular flexibility index (Phi) is 3.29. The van der Waals surface area contributed by atoms with Gasteiger partial charge < -0.3 is 4.74 Å². The van der Waals surface area contributed by atoms with Crippen molar-refractivity contribution in [2.75, 3.05) is 7.11 Å². The van der Waals surface area contributed by atoms with Crippen LogP contribution in [0.5, 0.6) is 5.75 Å². The summed E-state index contributed by atoms with van der Waals surface area (Å²) in [6.07, 6.45) is 1.39. The fourth-order valence-corrected chi connectivity index (χ4v) is 1.09. The van der Waals surface area contributed by atoms with Gasteiger partial charge in [0.05, 0.1) is 7.11 Å². The molecule has 0 bridgehead atoms. The molecule has 0 fully saturated rings. The molecule has 0 radical (unpaired) electrons. The van der Waals surface area contributed by atoms with Crippen LogP contribution in [0, 0.1) is 0 Å². The van der Waals surface area contributed by atoms with E-state index in [4.69, 9.17) is 4.74 Å². The molecule has 0 aliphatic rings. The molecule has 1 aromatic carbocycles. The average Bonchev–Trinajstić information content (AvgIpc) is 2.05. The largest absolute Gasteiger partial charge is 0.497 e. The van der Waals surface area contributed by atoms with Gasteiger partial charge in [0.1, 0.15) is 5.75 Å². The molecule has 0 N–H and O–H groups in total. The molecule has 0 saturated carbocycles. The molecule has 0 heterocycles. The Morgan fingerprint density at radius 2 is 2.00 bits per heavy atom. The smallest absolute Gasteiger partial charge is 0.166 e. The molecule has 0 aliphatic heterocycles. The lowest BCUT2D eigenvalue weighted by Gasteiger charge is -1.98. The summed E-state index contributed by atoms with van der Waals surface area (Å²) in [4.78, 5) is 0. The van der Waals surface area contributed by atoms with Gasteiger partial charge in [-0.3, -0.25) is 0 Å². The van der Waals surface area contributed by atoms with Crippen LogP contribution >= 0.6 is 15.9 Å². The lowest BCUT2D eigenvalue weighted by Crippen LogP contribution is -1.81. The second-order valence-corrected chi connectivity index (χ2v) is 2.96. The second kappa shape index (κ2) is 4.26. The minimum atomic E-state index is -0.382. The van der Waals surface area contributed by atoms with E-state index in [9.17, 15) is 4.39 Å². The maximum atomic E-state index is 12.3. The van der Waals surface area contributed by atoms with Gasteiger partial charge >= 0.3 is 0 Å². The summed E-state index contributed by atoms with van der Waals surface area (Å²) in [7, 11) is 1.59. The number of rotatable bonds is 2. The minimum absolute atomic E-state index is 0.382. The summed E-state index contributed by atoms with van der Waals surface area (Å²) in [5, 5.41) is 0. The van der Waals surface area contributed by atoms with Crippen molar-refractivity contribution in [2.45, 2.75) is 0 Å². The van der Waals surface area contributed by atoms with E-state index >= 15 is 0 Å². The first-order valence-corrected chi connectivity index (χ1v) is 4.18. The summed E-state index contributed by atoms with van der Waals surface area (Å²) in [6.45, 7) is 0. The third-order valence-corrected chi connectivity index (χ3v) is 1.62. The van der Waals surface area contributed by atoms with Gasteiger partial charge in [0.2, 0.25) is 0 Å². The van der Waals surface area contributed by atoms with E-state index in [0.717, 1.165) is 11.3 Å². The van der Waals surface area contributed by atoms with Crippen LogP contribution in [-0.4, -0.2) is 7.11 Å². The topological polar surface area (TPSA) is 9.23 Å². The van der Waals surface area contributed by atoms with Crippen molar-refractivity contribution < 1.29 is 9.13 Å². The first kappa shape index (κ1) is 9.26. The molecule has 12 heavy (non-hydrogen) atoms. The number of methoxy groups -OCH3 is 1. The summed E-state index contributed by atoms with van der Waals surface area (Å²) >= 11 is 2.71. The molecule has 0 aliphatic carbocycles. The summed E-state index contributed by atoms with van der Waals surface area (Å²) in [5.41, 5.74) is 0.796. The Hall–Kier alpha value is -0.830. The maximum Gasteiger partial charge on any atom is 0.166 e. The monoisotopic (exact) mass is 230 g/mol. The summed E-state index contributed by atoms with van der Waals surface area (Å²) < 4.78 is 16.9. The highest BCUT2D eigenvalue weighted by molar-refractivity contribution is 9.11. The van der Waals surface area contributed by atoms with Gasteiger partial charge in [0.25, 0.3) is 0 Å². The molecule has 0 atom stereocenters. The van der Waals surface area contributed by atoms with Gasteiger partial charge in [-0.2, -0.15) is 4.39 Å². The van der Waals surface area contributed by atoms with Gasteiger partial charge in [0.15, 0.2) is 4.74 Å². The number of benzene rings is 1. The molecule has 1 rings (SSSR count). The summed E-state index contributed by atoms with van der Waals surface area (Å²) in [5.74, 6) is 0.766. The molecular weight excluding hydrogens is 223 g/mol. The van der Waals surface area contributed by atoms with Crippen LogP contribution in [-0.2, 0) is 0 Å². The highest BCUT2D eigenvalue weighted by Crippen LogP contribution is 2.16. The predicted octanol–water partition coefficient (Wildman–Crippen LogP) is 3.36. The lowest BCUT2D eigenvalue weighted by atomic mass is 10.2. The van der Waals surface area contributed by atoms with Crippen molar-refractivity contribution in [3.05, 3.63) is 34.6 Å². The van der Waals surface area contributed by atoms with Crippen LogP contribution in [0.15, 0.2) is 29.0 Å². The van der Waals surface area contributed by atoms with Crippen LogP contribution in [0.3, 0.4) is 0 Å². The van der Waals surface area contributed by atoms with Crippen molar-refractivity contribution >= 4 is 22.0 Å². The van der Waals surface area contributed by atoms with Crippen LogP contribution in [0.4, 0.5) is 4.39 Å². The van der Waals surface area contributed by atoms with Crippen molar-refractivity contribution in [3.63, 3.8) is 0 Å². The van der Waals surface area contributed by atoms with E-state index in [-0.39, 0.29) is 4.74 Å². The highest BCUT2D eigenvalue weighted by Gasteiger charge is 1.91. The minimum Gasteiger partial charge on any atom is -0.497 e. The van der Waals surface area contributed by atoms with Gasteiger partial charge in [-0.25, -0.2) is 0 Å². The first-order valence-electron chi connectivity index (χ1n) is 3.39. The first-order chi connectivity index (χ1) is 5.72. The van der Waals surface area contributed by atoms with E-state index in [1.54, 1.807) is 31.4 Å². The van der Waals surface area contributed by atoms with E-state index < -0.39 is 0 Å². The van der Waals surface area contributed by atoms with Crippen molar-refractivity contribution in [3.8, 4) is 5.75 Å². The SMILES string of the molecule is COc1ccc(C=C(F)Br)cc1. The van der Waals surface area contributed by atoms with E-state index in [0.29, 0.717) is 0 Å². The molecule has 0 aromatic heterocycles. The van der Waals surface area contributed by atoms with Crippen LogP contribution in [0.1, 0.15) is 5.56 Å². The zero-order valence-corrected chi connectivity index (χ0v) is 8.14. The van der Waals surface area contributed by atoms with Crippen LogP contribution < -0.4 is 4.74 Å². The van der Waals surface area contributed by atoms with E-state index in [1.165, 1.54) is 6.08 Å². The van der Waals surface area contributed by atoms with E-state index in [2.05, 4.69) is 15.9 Å². The Labute approximate surface area is 79.0 Å². The molecule has 1 nitrogen and oxygen atoms in total. The van der Waals surface area contributed by atoms with E-state index in [1.807, 2.05) is 0 Å². The molecular formula is C9H8BrFO. The zero-order valence-electron chi connectivity index (χ0n) is 6.55. The van der Waals surface area contributed by atoms with Gasteiger partial charge in [0, 0.05) is 0 Å². The third-order valence-electron chi connectivity index (χ3n) is 1.39. The van der Waals surface area contributed by atoms with Crippen LogP contribution in [0.25, 0.3) is 6.08 Å². The molecule has 0 amide bonds. The van der Waals surface area contributed by atoms with Crippen LogP contribution in [0.2, 0.25) is 0 Å². The van der Waals surface area contributed by atoms with Gasteiger partial charge in [-0.15, -0.1) is 0 Å². The molecule has 1 aromatic rings. The fraction of sp³-hybridized carbons (Fsp3) is 0.111. The third kappa shape index (κ3) is 2.66. The lowest BCUT2D eigenvalue weighted by molar-refractivity contribution is 0.415. The number of ether oxygens (including phenoxy) is 1. The quantitative estimate of drug-likeness (QED) is 0.758. The molecule has 0 unspecified atom stereocenters. The Bertz CT molecular complexity index is 275. The Morgan fingerprint density at radius 1 is 1.42 bits per heavy atom. The van der Waals surface area contributed by atoms with Gasteiger partial charge in [-0.1, -0.05) is 12.1 Å². The molecule has 0 spiro atoms. The Balaban J connectivity index is 2.85. The Morgan fingerprint density at radius 3 is 2.42 bits per heavy atom. The number of hydrogen-bond acceptors (Lipinski definition) is 1. The normalized spacial score (nSPS) is 11.4. The van der Waals surface area contributed by atoms with Crippen molar-refractivity contribution in [1.29, 1.82) is 0 Å². The molecule has 64 valence electrons.